The Bertz CT molecular complexity index is 1240. The highest BCUT2D eigenvalue weighted by atomic mass is 19.1. The molecule has 0 aromatic heterocycles. The van der Waals surface area contributed by atoms with Crippen LogP contribution in [0.5, 0.6) is 0 Å². The van der Waals surface area contributed by atoms with Crippen LogP contribution in [-0.2, 0) is 38.8 Å². The smallest absolute Gasteiger partial charge is 0.337 e. The van der Waals surface area contributed by atoms with Gasteiger partial charge < -0.3 is 24.6 Å². The number of benzene rings is 3. The normalized spacial score (nSPS) is 16.9. The number of esters is 1. The second kappa shape index (κ2) is 12.3. The molecule has 4 rings (SSSR count). The third-order valence-electron chi connectivity index (χ3n) is 6.05. The van der Waals surface area contributed by atoms with Crippen molar-refractivity contribution >= 4 is 11.9 Å². The lowest BCUT2D eigenvalue weighted by molar-refractivity contribution is -0.150. The van der Waals surface area contributed by atoms with Gasteiger partial charge in [-0.1, -0.05) is 48.5 Å². The molecule has 1 amide bonds. The summed E-state index contributed by atoms with van der Waals surface area (Å²) < 4.78 is 29.9. The lowest BCUT2D eigenvalue weighted by Gasteiger charge is -2.29. The molecular weight excluding hydrogens is 477 g/mol. The van der Waals surface area contributed by atoms with Crippen molar-refractivity contribution in [3.63, 3.8) is 0 Å². The van der Waals surface area contributed by atoms with E-state index in [2.05, 4.69) is 5.32 Å². The van der Waals surface area contributed by atoms with Crippen LogP contribution in [-0.4, -0.2) is 30.4 Å². The molecule has 0 radical (unpaired) electrons. The van der Waals surface area contributed by atoms with Crippen molar-refractivity contribution in [1.82, 2.24) is 5.32 Å². The molecule has 192 valence electrons. The van der Waals surface area contributed by atoms with Gasteiger partial charge in [-0.25, -0.2) is 9.18 Å². The number of aliphatic hydroxyl groups excluding tert-OH is 1. The highest BCUT2D eigenvalue weighted by Crippen LogP contribution is 2.32. The van der Waals surface area contributed by atoms with Crippen molar-refractivity contribution in [3.8, 4) is 0 Å². The average Bonchev–Trinajstić information content (AvgIpc) is 2.95. The van der Waals surface area contributed by atoms with E-state index >= 15 is 0 Å². The molecule has 0 spiro atoms. The molecule has 3 aromatic rings. The number of hydrogen-bond acceptors (Lipinski definition) is 6. The fourth-order valence-electron chi connectivity index (χ4n) is 3.94. The van der Waals surface area contributed by atoms with Gasteiger partial charge in [-0.05, 0) is 52.6 Å². The van der Waals surface area contributed by atoms with E-state index in [0.29, 0.717) is 12.0 Å². The number of carbonyl (C=O) groups excluding carboxylic acids is 2. The number of ether oxygens (including phenoxy) is 3. The van der Waals surface area contributed by atoms with Crippen LogP contribution in [0, 0.1) is 5.82 Å². The van der Waals surface area contributed by atoms with Crippen LogP contribution >= 0.6 is 0 Å². The van der Waals surface area contributed by atoms with Gasteiger partial charge in [0.1, 0.15) is 5.82 Å². The van der Waals surface area contributed by atoms with E-state index in [9.17, 15) is 19.1 Å². The number of nitrogens with one attached hydrogen (secondary N) is 1. The molecule has 0 unspecified atom stereocenters. The van der Waals surface area contributed by atoms with E-state index in [4.69, 9.17) is 14.2 Å². The van der Waals surface area contributed by atoms with E-state index in [0.717, 1.165) is 22.3 Å². The highest BCUT2D eigenvalue weighted by molar-refractivity contribution is 5.91. The Kier molecular flexibility index (Phi) is 8.66. The largest absolute Gasteiger partial charge is 0.465 e. The zero-order valence-corrected chi connectivity index (χ0v) is 20.4. The number of halogens is 1. The third-order valence-corrected chi connectivity index (χ3v) is 6.05. The first kappa shape index (κ1) is 26.1. The first-order chi connectivity index (χ1) is 17.9. The Morgan fingerprint density at radius 2 is 1.62 bits per heavy atom. The van der Waals surface area contributed by atoms with Crippen LogP contribution in [0.1, 0.15) is 45.0 Å². The van der Waals surface area contributed by atoms with Gasteiger partial charge in [-0.15, -0.1) is 0 Å². The summed E-state index contributed by atoms with van der Waals surface area (Å²) in [5, 5.41) is 12.0. The van der Waals surface area contributed by atoms with Crippen molar-refractivity contribution in [2.75, 3.05) is 7.11 Å². The molecule has 2 atom stereocenters. The van der Waals surface area contributed by atoms with Crippen molar-refractivity contribution in [3.05, 3.63) is 118 Å². The molecule has 1 aliphatic rings. The maximum atomic E-state index is 13.2. The van der Waals surface area contributed by atoms with Gasteiger partial charge in [-0.3, -0.25) is 4.79 Å². The maximum Gasteiger partial charge on any atom is 0.337 e. The monoisotopic (exact) mass is 505 g/mol. The summed E-state index contributed by atoms with van der Waals surface area (Å²) in [5.41, 5.74) is 3.77. The van der Waals surface area contributed by atoms with Gasteiger partial charge in [0.05, 0.1) is 25.9 Å². The molecule has 0 bridgehead atoms. The molecule has 0 aliphatic carbocycles. The molecule has 8 heteroatoms. The van der Waals surface area contributed by atoms with Crippen LogP contribution in [0.15, 0.2) is 84.6 Å². The molecular formula is C29H28FNO6. The molecule has 7 nitrogen and oxygen atoms in total. The summed E-state index contributed by atoms with van der Waals surface area (Å²) >= 11 is 0. The molecule has 0 fully saturated rings. The van der Waals surface area contributed by atoms with E-state index in [1.54, 1.807) is 30.3 Å². The predicted octanol–water partition coefficient (Wildman–Crippen LogP) is 4.35. The highest BCUT2D eigenvalue weighted by Gasteiger charge is 2.29. The molecule has 3 aromatic carbocycles. The first-order valence-corrected chi connectivity index (χ1v) is 11.8. The summed E-state index contributed by atoms with van der Waals surface area (Å²) in [4.78, 5) is 24.8. The second-order valence-corrected chi connectivity index (χ2v) is 8.63. The lowest BCUT2D eigenvalue weighted by Crippen LogP contribution is -2.32. The fourth-order valence-corrected chi connectivity index (χ4v) is 3.94. The Labute approximate surface area is 214 Å². The van der Waals surface area contributed by atoms with Gasteiger partial charge in [0, 0.05) is 18.9 Å². The Balaban J connectivity index is 1.49. The molecule has 0 saturated heterocycles. The van der Waals surface area contributed by atoms with Gasteiger partial charge in [-0.2, -0.15) is 0 Å². The van der Waals surface area contributed by atoms with Crippen molar-refractivity contribution in [1.29, 1.82) is 0 Å². The minimum atomic E-state index is -0.695. The number of amides is 1. The molecule has 2 N–H and O–H groups in total. The van der Waals surface area contributed by atoms with Crippen LogP contribution in [0.2, 0.25) is 0 Å². The van der Waals surface area contributed by atoms with Crippen LogP contribution in [0.25, 0.3) is 0 Å². The van der Waals surface area contributed by atoms with E-state index in [-0.39, 0.29) is 37.3 Å². The van der Waals surface area contributed by atoms with Crippen LogP contribution in [0.3, 0.4) is 0 Å². The van der Waals surface area contributed by atoms with Gasteiger partial charge >= 0.3 is 5.97 Å². The third kappa shape index (κ3) is 7.03. The summed E-state index contributed by atoms with van der Waals surface area (Å²) in [7, 11) is 1.33. The number of rotatable bonds is 9. The standard InChI is InChI=1S/C29H28FNO6/c1-35-29(34)23-10-8-22(9-11-23)24-14-26(28(33)31-16-19-6-12-25(30)13-7-19)37-27(15-24)36-18-21-4-2-20(17-32)3-5-21/h2-14,24,27,32H,15-18H2,1H3,(H,31,33)/t24-,27+/m1/s1. The van der Waals surface area contributed by atoms with Crippen molar-refractivity contribution in [2.24, 2.45) is 0 Å². The fraction of sp³-hybridized carbons (Fsp3) is 0.241. The number of aliphatic hydroxyl groups is 1. The minimum absolute atomic E-state index is 0.0372. The first-order valence-electron chi connectivity index (χ1n) is 11.8. The topological polar surface area (TPSA) is 94.1 Å². The second-order valence-electron chi connectivity index (χ2n) is 8.63. The lowest BCUT2D eigenvalue weighted by atomic mass is 9.92. The van der Waals surface area contributed by atoms with Gasteiger partial charge in [0.15, 0.2) is 5.76 Å². The van der Waals surface area contributed by atoms with E-state index < -0.39 is 18.2 Å². The molecule has 37 heavy (non-hydrogen) atoms. The van der Waals surface area contributed by atoms with E-state index in [1.807, 2.05) is 36.4 Å². The molecule has 1 aliphatic heterocycles. The Morgan fingerprint density at radius 1 is 0.973 bits per heavy atom. The number of allylic oxidation sites excluding steroid dienone is 1. The maximum absolute atomic E-state index is 13.2. The van der Waals surface area contributed by atoms with Gasteiger partial charge in [0.25, 0.3) is 5.91 Å². The van der Waals surface area contributed by atoms with E-state index in [1.165, 1.54) is 19.2 Å². The quantitative estimate of drug-likeness (QED) is 0.420. The van der Waals surface area contributed by atoms with Crippen LogP contribution in [0.4, 0.5) is 4.39 Å². The Morgan fingerprint density at radius 3 is 2.27 bits per heavy atom. The number of hydrogen-bond donors (Lipinski definition) is 2. The van der Waals surface area contributed by atoms with Crippen molar-refractivity contribution < 1.29 is 33.3 Å². The van der Waals surface area contributed by atoms with Crippen LogP contribution < -0.4 is 5.32 Å². The summed E-state index contributed by atoms with van der Waals surface area (Å²) in [6, 6.07) is 20.2. The van der Waals surface area contributed by atoms with Gasteiger partial charge in [0.2, 0.25) is 6.29 Å². The summed E-state index contributed by atoms with van der Waals surface area (Å²) in [6.45, 7) is 0.431. The SMILES string of the molecule is COC(=O)c1ccc([C@@H]2C=C(C(=O)NCc3ccc(F)cc3)O[C@H](OCc3ccc(CO)cc3)C2)cc1. The Hall–Kier alpha value is -4.01. The molecule has 1 heterocycles. The number of methoxy groups -OCH3 is 1. The summed E-state index contributed by atoms with van der Waals surface area (Å²) in [6.07, 6.45) is 1.50. The zero-order chi connectivity index (χ0) is 26.2. The molecule has 0 saturated carbocycles. The summed E-state index contributed by atoms with van der Waals surface area (Å²) in [5.74, 6) is -1.27. The minimum Gasteiger partial charge on any atom is -0.465 e. The average molecular weight is 506 g/mol. The van der Waals surface area contributed by atoms with Crippen molar-refractivity contribution in [2.45, 2.75) is 38.4 Å². The predicted molar refractivity (Wildman–Crippen MR) is 133 cm³/mol. The number of carbonyl (C=O) groups is 2. The zero-order valence-electron chi connectivity index (χ0n) is 20.4.